The van der Waals surface area contributed by atoms with E-state index in [1.807, 2.05) is 16.7 Å². The zero-order chi connectivity index (χ0) is 22.4. The molecule has 0 saturated heterocycles. The Morgan fingerprint density at radius 1 is 1.12 bits per heavy atom. The van der Waals surface area contributed by atoms with Gasteiger partial charge in [-0.05, 0) is 71.9 Å². The van der Waals surface area contributed by atoms with Gasteiger partial charge >= 0.3 is 0 Å². The van der Waals surface area contributed by atoms with Crippen LogP contribution in [0.4, 0.5) is 0 Å². The lowest BCUT2D eigenvalue weighted by Crippen LogP contribution is -2.14. The van der Waals surface area contributed by atoms with E-state index in [9.17, 15) is 0 Å². The Morgan fingerprint density at radius 2 is 1.84 bits per heavy atom. The fourth-order valence-corrected chi connectivity index (χ4v) is 5.47. The van der Waals surface area contributed by atoms with Crippen molar-refractivity contribution in [1.82, 2.24) is 19.5 Å². The summed E-state index contributed by atoms with van der Waals surface area (Å²) in [4.78, 5) is 13.3. The number of H-pyrrole nitrogens is 1. The van der Waals surface area contributed by atoms with Gasteiger partial charge in [-0.15, -0.1) is 0 Å². The SMILES string of the molecule is Cc1cc(C)c(CCn2cnc(=N)c3[nH]c(Sc4cc5c(cc4Br)OCO5)nc32)c(C)c1. The predicted molar refractivity (Wildman–Crippen MR) is 126 cm³/mol. The predicted octanol–water partition coefficient (Wildman–Crippen LogP) is 5.05. The maximum atomic E-state index is 8.23. The van der Waals surface area contributed by atoms with E-state index in [4.69, 9.17) is 19.9 Å². The topological polar surface area (TPSA) is 88.8 Å². The van der Waals surface area contributed by atoms with Gasteiger partial charge < -0.3 is 19.0 Å². The molecule has 2 N–H and O–H groups in total. The fourth-order valence-electron chi connectivity index (χ4n) is 4.09. The highest BCUT2D eigenvalue weighted by Gasteiger charge is 2.18. The number of fused-ring (bicyclic) bond motifs is 2. The van der Waals surface area contributed by atoms with Crippen molar-refractivity contribution in [1.29, 1.82) is 5.41 Å². The second-order valence-electron chi connectivity index (χ2n) is 7.89. The number of hydrogen-bond acceptors (Lipinski definition) is 6. The van der Waals surface area contributed by atoms with Crippen molar-refractivity contribution in [3.8, 4) is 11.5 Å². The third kappa shape index (κ3) is 3.91. The Labute approximate surface area is 197 Å². The first kappa shape index (κ1) is 21.1. The quantitative estimate of drug-likeness (QED) is 0.391. The maximum absolute atomic E-state index is 8.23. The molecule has 2 aromatic heterocycles. The number of rotatable bonds is 5. The van der Waals surface area contributed by atoms with Crippen LogP contribution in [0.1, 0.15) is 22.3 Å². The highest BCUT2D eigenvalue weighted by Crippen LogP contribution is 2.42. The van der Waals surface area contributed by atoms with Crippen molar-refractivity contribution in [2.24, 2.45) is 0 Å². The monoisotopic (exact) mass is 511 g/mol. The minimum atomic E-state index is 0.183. The Hall–Kier alpha value is -2.78. The van der Waals surface area contributed by atoms with Crippen LogP contribution in [-0.4, -0.2) is 26.3 Å². The molecule has 7 nitrogen and oxygen atoms in total. The summed E-state index contributed by atoms with van der Waals surface area (Å²) in [6.07, 6.45) is 2.58. The molecule has 4 aromatic rings. The molecule has 5 rings (SSSR count). The van der Waals surface area contributed by atoms with Crippen molar-refractivity contribution in [3.05, 3.63) is 62.8 Å². The van der Waals surface area contributed by atoms with E-state index in [2.05, 4.69) is 58.8 Å². The molecule has 9 heteroatoms. The Bertz CT molecular complexity index is 1390. The molecule has 32 heavy (non-hydrogen) atoms. The molecule has 0 aliphatic carbocycles. The molecule has 0 bridgehead atoms. The lowest BCUT2D eigenvalue weighted by Gasteiger charge is -2.13. The third-order valence-electron chi connectivity index (χ3n) is 5.57. The number of aromatic amines is 1. The van der Waals surface area contributed by atoms with Crippen LogP contribution in [0.3, 0.4) is 0 Å². The van der Waals surface area contributed by atoms with Gasteiger partial charge in [0.1, 0.15) is 5.52 Å². The summed E-state index contributed by atoms with van der Waals surface area (Å²) in [6.45, 7) is 7.41. The fraction of sp³-hybridized carbons (Fsp3) is 0.261. The van der Waals surface area contributed by atoms with Crippen LogP contribution in [0.2, 0.25) is 0 Å². The van der Waals surface area contributed by atoms with Crippen LogP contribution in [0.5, 0.6) is 11.5 Å². The zero-order valence-electron chi connectivity index (χ0n) is 18.0. The number of halogens is 1. The van der Waals surface area contributed by atoms with Crippen molar-refractivity contribution in [2.75, 3.05) is 6.79 Å². The summed E-state index contributed by atoms with van der Waals surface area (Å²) >= 11 is 5.07. The number of nitrogens with one attached hydrogen (secondary N) is 2. The summed E-state index contributed by atoms with van der Waals surface area (Å²) < 4.78 is 13.8. The molecule has 0 saturated carbocycles. The number of benzene rings is 2. The van der Waals surface area contributed by atoms with Crippen molar-refractivity contribution in [3.63, 3.8) is 0 Å². The Balaban J connectivity index is 1.45. The molecular weight excluding hydrogens is 490 g/mol. The Morgan fingerprint density at radius 3 is 2.59 bits per heavy atom. The largest absolute Gasteiger partial charge is 0.454 e. The van der Waals surface area contributed by atoms with Gasteiger partial charge in [-0.2, -0.15) is 0 Å². The summed E-state index contributed by atoms with van der Waals surface area (Å²) in [7, 11) is 0. The van der Waals surface area contributed by atoms with E-state index in [1.54, 1.807) is 6.33 Å². The van der Waals surface area contributed by atoms with E-state index in [1.165, 1.54) is 34.0 Å². The van der Waals surface area contributed by atoms with E-state index in [0.29, 0.717) is 16.4 Å². The molecule has 164 valence electrons. The summed E-state index contributed by atoms with van der Waals surface area (Å²) in [6, 6.07) is 8.28. The molecule has 1 aliphatic heterocycles. The average molecular weight is 512 g/mol. The number of nitrogens with zero attached hydrogens (tertiary/aromatic N) is 3. The standard InChI is InChI=1S/C23H22BrN5O2S/c1-12-6-13(2)15(14(3)7-12)4-5-29-10-26-21(25)20-22(29)28-23(27-20)32-19-9-18-17(8-16(19)24)30-11-31-18/h6-10,25H,4-5,11H2,1-3H3,(H,27,28). The van der Waals surface area contributed by atoms with Crippen molar-refractivity contribution >= 4 is 38.9 Å². The van der Waals surface area contributed by atoms with Gasteiger partial charge in [-0.25, -0.2) is 9.97 Å². The van der Waals surface area contributed by atoms with E-state index >= 15 is 0 Å². The number of ether oxygens (including phenoxy) is 2. The molecular formula is C23H22BrN5O2S. The van der Waals surface area contributed by atoms with Crippen LogP contribution in [-0.2, 0) is 13.0 Å². The second-order valence-corrected chi connectivity index (χ2v) is 9.78. The number of aryl methyl sites for hydroxylation is 4. The molecule has 0 atom stereocenters. The highest BCUT2D eigenvalue weighted by molar-refractivity contribution is 9.10. The van der Waals surface area contributed by atoms with Gasteiger partial charge in [-0.3, -0.25) is 5.41 Å². The first-order valence-corrected chi connectivity index (χ1v) is 11.8. The minimum Gasteiger partial charge on any atom is -0.454 e. The van der Waals surface area contributed by atoms with Crippen LogP contribution in [0.15, 0.2) is 45.1 Å². The van der Waals surface area contributed by atoms with E-state index in [0.717, 1.165) is 33.7 Å². The smallest absolute Gasteiger partial charge is 0.231 e. The molecule has 0 spiro atoms. The van der Waals surface area contributed by atoms with Crippen LogP contribution in [0.25, 0.3) is 11.2 Å². The molecule has 0 amide bonds. The second kappa shape index (κ2) is 8.29. The molecule has 1 aliphatic rings. The zero-order valence-corrected chi connectivity index (χ0v) is 20.4. The summed E-state index contributed by atoms with van der Waals surface area (Å²) in [5.74, 6) is 1.44. The van der Waals surface area contributed by atoms with E-state index < -0.39 is 0 Å². The van der Waals surface area contributed by atoms with Crippen LogP contribution >= 0.6 is 27.7 Å². The first-order valence-electron chi connectivity index (χ1n) is 10.2. The van der Waals surface area contributed by atoms with Crippen molar-refractivity contribution < 1.29 is 9.47 Å². The van der Waals surface area contributed by atoms with E-state index in [-0.39, 0.29) is 12.3 Å². The van der Waals surface area contributed by atoms with Crippen molar-refractivity contribution in [2.45, 2.75) is 43.8 Å². The lowest BCUT2D eigenvalue weighted by atomic mass is 9.97. The Kier molecular flexibility index (Phi) is 5.46. The molecule has 3 heterocycles. The normalized spacial score (nSPS) is 12.6. The maximum Gasteiger partial charge on any atom is 0.231 e. The summed E-state index contributed by atoms with van der Waals surface area (Å²) in [5, 5.41) is 8.93. The van der Waals surface area contributed by atoms with Gasteiger partial charge in [0.2, 0.25) is 6.79 Å². The van der Waals surface area contributed by atoms with Crippen LogP contribution in [0, 0.1) is 26.2 Å². The van der Waals surface area contributed by atoms with Gasteiger partial charge in [0.25, 0.3) is 0 Å². The van der Waals surface area contributed by atoms with Gasteiger partial charge in [-0.1, -0.05) is 29.5 Å². The third-order valence-corrected chi connectivity index (χ3v) is 7.44. The lowest BCUT2D eigenvalue weighted by molar-refractivity contribution is 0.174. The number of hydrogen-bond donors (Lipinski definition) is 2. The molecule has 2 aromatic carbocycles. The van der Waals surface area contributed by atoms with Gasteiger partial charge in [0.05, 0.1) is 6.33 Å². The van der Waals surface area contributed by atoms with Crippen LogP contribution < -0.4 is 15.0 Å². The molecule has 0 unspecified atom stereocenters. The minimum absolute atomic E-state index is 0.183. The summed E-state index contributed by atoms with van der Waals surface area (Å²) in [5.41, 5.74) is 6.77. The highest BCUT2D eigenvalue weighted by atomic mass is 79.9. The molecule has 0 radical (unpaired) electrons. The van der Waals surface area contributed by atoms with Gasteiger partial charge in [0.15, 0.2) is 27.8 Å². The average Bonchev–Trinajstić information content (AvgIpc) is 3.36. The molecule has 0 fully saturated rings. The van der Waals surface area contributed by atoms with Gasteiger partial charge in [0, 0.05) is 15.9 Å². The number of imidazole rings is 1. The number of aromatic nitrogens is 4. The first-order chi connectivity index (χ1) is 15.4.